The summed E-state index contributed by atoms with van der Waals surface area (Å²) in [6.07, 6.45) is 7.56. The van der Waals surface area contributed by atoms with Crippen LogP contribution in [0.25, 0.3) is 22.2 Å². The van der Waals surface area contributed by atoms with Crippen LogP contribution in [0.3, 0.4) is 0 Å². The van der Waals surface area contributed by atoms with Crippen molar-refractivity contribution in [2.45, 2.75) is 138 Å². The maximum atomic E-state index is 13.7. The third-order valence-electron chi connectivity index (χ3n) is 11.1. The number of hydrogen-bond donors (Lipinski definition) is 2. The highest BCUT2D eigenvalue weighted by Gasteiger charge is 2.34. The second-order valence-electron chi connectivity index (χ2n) is 14.4. The van der Waals surface area contributed by atoms with E-state index in [1.165, 1.54) is 30.4 Å². The molecule has 2 aromatic rings. The highest BCUT2D eigenvalue weighted by molar-refractivity contribution is 6.04. The first kappa shape index (κ1) is 36.4. The summed E-state index contributed by atoms with van der Waals surface area (Å²) in [6, 6.07) is 6.53. The molecule has 7 heteroatoms. The molecule has 262 valence electrons. The van der Waals surface area contributed by atoms with E-state index in [0.717, 1.165) is 98.6 Å². The topological polar surface area (TPSA) is 111 Å². The predicted octanol–water partition coefficient (Wildman–Crippen LogP) is 9.91. The highest BCUT2D eigenvalue weighted by atomic mass is 16.5. The molecule has 2 aromatic heterocycles. The highest BCUT2D eigenvalue weighted by Crippen LogP contribution is 2.44. The first-order valence-corrected chi connectivity index (χ1v) is 18.4. The van der Waals surface area contributed by atoms with Gasteiger partial charge in [0, 0.05) is 64.8 Å². The smallest absolute Gasteiger partial charge is 0.217 e. The molecule has 0 saturated carbocycles. The summed E-state index contributed by atoms with van der Waals surface area (Å²) in [4.78, 5) is 39.7. The van der Waals surface area contributed by atoms with Crippen LogP contribution >= 0.6 is 0 Å². The fraction of sp³-hybridized carbons (Fsp3) is 0.524. The molecular formula is C42H56N4O3. The molecule has 0 radical (unpaired) electrons. The van der Waals surface area contributed by atoms with Crippen LogP contribution in [0.2, 0.25) is 0 Å². The largest absolute Gasteiger partial charge is 0.374 e. The molecule has 5 rings (SSSR count). The molecular weight excluding hydrogens is 608 g/mol. The number of aromatic nitrogens is 3. The zero-order chi connectivity index (χ0) is 35.6. The molecule has 2 aliphatic heterocycles. The molecule has 0 spiro atoms. The number of rotatable bonds is 12. The normalized spacial score (nSPS) is 17.4. The molecule has 49 heavy (non-hydrogen) atoms. The number of ketones is 1. The van der Waals surface area contributed by atoms with Gasteiger partial charge in [0.15, 0.2) is 5.78 Å². The third kappa shape index (κ3) is 7.38. The Balaban J connectivity index is 1.82. The number of aryl methyl sites for hydroxylation is 2. The quantitative estimate of drug-likeness (QED) is 0.219. The first-order chi connectivity index (χ1) is 23.4. The average Bonchev–Trinajstić information content (AvgIpc) is 3.72. The Hall–Kier alpha value is -3.84. The summed E-state index contributed by atoms with van der Waals surface area (Å²) >= 11 is 0. The van der Waals surface area contributed by atoms with Crippen molar-refractivity contribution in [1.29, 1.82) is 0 Å². The first-order valence-electron chi connectivity index (χ1n) is 18.4. The Kier molecular flexibility index (Phi) is 11.4. The Morgan fingerprint density at radius 2 is 1.71 bits per heavy atom. The number of H-pyrrole nitrogens is 1. The number of Topliss-reactive ketones (excluding diaryl/α,β-unsaturated/α-hetero) is 1. The van der Waals surface area contributed by atoms with Crippen molar-refractivity contribution in [3.8, 4) is 0 Å². The maximum absolute atomic E-state index is 13.7. The molecule has 0 saturated heterocycles. The van der Waals surface area contributed by atoms with Crippen LogP contribution in [0.4, 0.5) is 0 Å². The number of nitrogens with zero attached hydrogens (tertiary/aromatic N) is 2. The number of carbonyl (C=O) groups excluding carboxylic acids is 2. The van der Waals surface area contributed by atoms with Gasteiger partial charge in [-0.25, -0.2) is 4.98 Å². The Morgan fingerprint density at radius 3 is 2.41 bits per heavy atom. The molecule has 1 amide bonds. The van der Waals surface area contributed by atoms with E-state index in [-0.39, 0.29) is 29.6 Å². The number of ether oxygens (including phenoxy) is 1. The molecule has 2 unspecified atom stereocenters. The lowest BCUT2D eigenvalue weighted by Crippen LogP contribution is -2.11. The minimum atomic E-state index is -0.289. The van der Waals surface area contributed by atoms with Gasteiger partial charge in [0.2, 0.25) is 5.91 Å². The minimum Gasteiger partial charge on any atom is -0.374 e. The lowest BCUT2D eigenvalue weighted by molar-refractivity contribution is -0.118. The number of primary amides is 1. The second-order valence-corrected chi connectivity index (χ2v) is 14.4. The summed E-state index contributed by atoms with van der Waals surface area (Å²) in [5, 5.41) is 0. The van der Waals surface area contributed by atoms with E-state index >= 15 is 0 Å². The van der Waals surface area contributed by atoms with Gasteiger partial charge in [-0.3, -0.25) is 14.6 Å². The summed E-state index contributed by atoms with van der Waals surface area (Å²) in [7, 11) is 0. The van der Waals surface area contributed by atoms with Gasteiger partial charge in [0.1, 0.15) is 0 Å². The number of hydrogen-bond acceptors (Lipinski definition) is 5. The summed E-state index contributed by atoms with van der Waals surface area (Å²) in [6.45, 7) is 20.0. The average molecular weight is 665 g/mol. The standard InChI is InChI=1S/C42H56N4O3/c1-10-12-13-14-18-49-29(9)41-28(8)35-21-34-26(6)31(16-15-17-39(43)48)42(46-34)32-20-38(47)40(27(32)7)24(4)23(3)19-36-30(11-2)25(5)33(44-36)22-37(41)45-35/h19,21-22,26,29,31,45H,10-18,20H2,1-9H3,(H2,43,48)/t26?,29?,31-/m0/s1. The van der Waals surface area contributed by atoms with Gasteiger partial charge in [-0.1, -0.05) is 40.0 Å². The number of nitrogens with two attached hydrogens (primary N) is 1. The number of nitrogens with one attached hydrogen (secondary N) is 1. The Bertz CT molecular complexity index is 1870. The summed E-state index contributed by atoms with van der Waals surface area (Å²) in [5.41, 5.74) is 21.0. The Labute approximate surface area is 292 Å². The van der Waals surface area contributed by atoms with E-state index in [2.05, 4.69) is 85.5 Å². The van der Waals surface area contributed by atoms with Crippen molar-refractivity contribution in [3.05, 3.63) is 79.9 Å². The monoisotopic (exact) mass is 664 g/mol. The Morgan fingerprint density at radius 1 is 0.959 bits per heavy atom. The molecule has 0 aromatic carbocycles. The van der Waals surface area contributed by atoms with Crippen molar-refractivity contribution in [2.75, 3.05) is 6.61 Å². The fourth-order valence-corrected chi connectivity index (χ4v) is 8.06. The fourth-order valence-electron chi connectivity index (χ4n) is 8.06. The molecule has 3 aliphatic rings. The van der Waals surface area contributed by atoms with E-state index in [1.807, 2.05) is 0 Å². The molecule has 1 aliphatic carbocycles. The minimum absolute atomic E-state index is 0.0874. The SMILES string of the molecule is CCCCCCOC(C)c1c(C)c2cc3nc(c4c(C)c(c(C)c(C)cc5nc(cc1[nH]2)C(C)=C5CC)C(=O)C4)[C@@H](CCCC(N)=O)C3C. The lowest BCUT2D eigenvalue weighted by Gasteiger charge is -2.17. The third-order valence-corrected chi connectivity index (χ3v) is 11.1. The van der Waals surface area contributed by atoms with E-state index in [4.69, 9.17) is 20.4 Å². The molecule has 0 fully saturated rings. The van der Waals surface area contributed by atoms with Crippen LogP contribution in [0.15, 0.2) is 18.2 Å². The molecule has 7 nitrogen and oxygen atoms in total. The van der Waals surface area contributed by atoms with E-state index in [1.54, 1.807) is 0 Å². The van der Waals surface area contributed by atoms with Gasteiger partial charge in [0.05, 0.1) is 17.5 Å². The predicted molar refractivity (Wildman–Crippen MR) is 200 cm³/mol. The number of fused-ring (bicyclic) bond motifs is 9. The number of allylic oxidation sites excluding steroid dienone is 2. The van der Waals surface area contributed by atoms with Gasteiger partial charge in [-0.2, -0.15) is 0 Å². The van der Waals surface area contributed by atoms with Crippen LogP contribution in [0.5, 0.6) is 0 Å². The van der Waals surface area contributed by atoms with E-state index in [9.17, 15) is 9.59 Å². The van der Waals surface area contributed by atoms with Crippen molar-refractivity contribution in [3.63, 3.8) is 0 Å². The van der Waals surface area contributed by atoms with Crippen LogP contribution < -0.4 is 5.73 Å². The lowest BCUT2D eigenvalue weighted by atomic mass is 9.85. The van der Waals surface area contributed by atoms with Gasteiger partial charge in [-0.15, -0.1) is 0 Å². The molecule has 4 heterocycles. The summed E-state index contributed by atoms with van der Waals surface area (Å²) < 4.78 is 6.48. The molecule has 8 bridgehead atoms. The van der Waals surface area contributed by atoms with E-state index < -0.39 is 0 Å². The van der Waals surface area contributed by atoms with Gasteiger partial charge < -0.3 is 15.5 Å². The van der Waals surface area contributed by atoms with Crippen molar-refractivity contribution >= 4 is 33.9 Å². The van der Waals surface area contributed by atoms with Crippen LogP contribution in [0, 0.1) is 27.7 Å². The summed E-state index contributed by atoms with van der Waals surface area (Å²) in [5.74, 6) is 0.0391. The maximum Gasteiger partial charge on any atom is 0.217 e. The molecule has 3 N–H and O–H groups in total. The van der Waals surface area contributed by atoms with Crippen LogP contribution in [0.1, 0.15) is 170 Å². The second kappa shape index (κ2) is 15.4. The number of carbonyl (C=O) groups is 2. The number of amides is 1. The van der Waals surface area contributed by atoms with Gasteiger partial charge in [-0.05, 0) is 124 Å². The van der Waals surface area contributed by atoms with Gasteiger partial charge >= 0.3 is 0 Å². The van der Waals surface area contributed by atoms with Gasteiger partial charge in [0.25, 0.3) is 0 Å². The van der Waals surface area contributed by atoms with Crippen molar-refractivity contribution in [2.24, 2.45) is 5.73 Å². The van der Waals surface area contributed by atoms with Crippen LogP contribution in [-0.4, -0.2) is 33.2 Å². The molecule has 3 atom stereocenters. The van der Waals surface area contributed by atoms with Crippen LogP contribution in [-0.2, 0) is 16.0 Å². The zero-order valence-electron chi connectivity index (χ0n) is 31.2. The van der Waals surface area contributed by atoms with Crippen molar-refractivity contribution < 1.29 is 14.3 Å². The van der Waals surface area contributed by atoms with E-state index in [0.29, 0.717) is 19.3 Å². The van der Waals surface area contributed by atoms with Crippen molar-refractivity contribution in [1.82, 2.24) is 15.0 Å². The zero-order valence-corrected chi connectivity index (χ0v) is 31.2. The number of aromatic amines is 1. The number of unbranched alkanes of at least 4 members (excludes halogenated alkanes) is 3.